The molecule has 1 aliphatic rings. The van der Waals surface area contributed by atoms with Crippen LogP contribution in [0.25, 0.3) is 0 Å². The minimum Gasteiger partial charge on any atom is -0.351 e. The van der Waals surface area contributed by atoms with Gasteiger partial charge < -0.3 is 13.9 Å². The van der Waals surface area contributed by atoms with Crippen LogP contribution in [0, 0.1) is 13.8 Å². The topological polar surface area (TPSA) is 85.3 Å². The van der Waals surface area contributed by atoms with E-state index in [-0.39, 0.29) is 17.6 Å². The number of carbonyl (C=O) groups is 1. The second kappa shape index (κ2) is 5.07. The highest BCUT2D eigenvalue weighted by Crippen LogP contribution is 2.25. The first-order chi connectivity index (χ1) is 9.63. The van der Waals surface area contributed by atoms with Crippen molar-refractivity contribution in [2.24, 2.45) is 0 Å². The molecule has 106 valence electrons. The third-order valence-electron chi connectivity index (χ3n) is 3.46. The van der Waals surface area contributed by atoms with Crippen LogP contribution in [0.2, 0.25) is 0 Å². The van der Waals surface area contributed by atoms with Crippen molar-refractivity contribution >= 4 is 5.91 Å². The first-order valence-corrected chi connectivity index (χ1v) is 6.66. The van der Waals surface area contributed by atoms with Gasteiger partial charge in [0.15, 0.2) is 5.82 Å². The van der Waals surface area contributed by atoms with Crippen LogP contribution in [0.3, 0.4) is 0 Å². The molecule has 0 aliphatic carbocycles. The van der Waals surface area contributed by atoms with Gasteiger partial charge in [-0.15, -0.1) is 0 Å². The summed E-state index contributed by atoms with van der Waals surface area (Å²) >= 11 is 0. The monoisotopic (exact) mass is 276 g/mol. The maximum atomic E-state index is 12.3. The quantitative estimate of drug-likeness (QED) is 0.829. The summed E-state index contributed by atoms with van der Waals surface area (Å²) in [5.74, 6) is 1.50. The fraction of sp³-hybridized carbons (Fsp3) is 0.538. The van der Waals surface area contributed by atoms with E-state index in [2.05, 4.69) is 15.3 Å². The SMILES string of the molecule is Cc1cc(C(=O)N2CCC[C@H](c3noc(C)n3)C2)on1. The number of carbonyl (C=O) groups excluding carboxylic acids is 1. The van der Waals surface area contributed by atoms with Crippen LogP contribution in [0.15, 0.2) is 15.1 Å². The van der Waals surface area contributed by atoms with Crippen molar-refractivity contribution in [2.45, 2.75) is 32.6 Å². The Morgan fingerprint density at radius 3 is 2.85 bits per heavy atom. The van der Waals surface area contributed by atoms with Gasteiger partial charge in [-0.05, 0) is 19.8 Å². The molecular formula is C13H16N4O3. The molecule has 2 aromatic rings. The lowest BCUT2D eigenvalue weighted by Gasteiger charge is -2.30. The molecule has 0 aromatic carbocycles. The predicted octanol–water partition coefficient (Wildman–Crippen LogP) is 1.69. The second-order valence-corrected chi connectivity index (χ2v) is 5.09. The lowest BCUT2D eigenvalue weighted by atomic mass is 9.97. The molecule has 0 radical (unpaired) electrons. The second-order valence-electron chi connectivity index (χ2n) is 5.09. The maximum absolute atomic E-state index is 12.3. The number of nitrogens with zero attached hydrogens (tertiary/aromatic N) is 4. The van der Waals surface area contributed by atoms with Crippen LogP contribution < -0.4 is 0 Å². The van der Waals surface area contributed by atoms with Crippen molar-refractivity contribution in [3.05, 3.63) is 29.2 Å². The minimum atomic E-state index is -0.129. The lowest BCUT2D eigenvalue weighted by Crippen LogP contribution is -2.39. The van der Waals surface area contributed by atoms with Crippen molar-refractivity contribution < 1.29 is 13.8 Å². The van der Waals surface area contributed by atoms with Crippen LogP contribution in [-0.2, 0) is 0 Å². The molecule has 3 rings (SSSR count). The van der Waals surface area contributed by atoms with Crippen LogP contribution in [0.1, 0.15) is 46.7 Å². The van der Waals surface area contributed by atoms with Gasteiger partial charge in [0.2, 0.25) is 11.7 Å². The Labute approximate surface area is 115 Å². The molecule has 1 amide bonds. The summed E-state index contributed by atoms with van der Waals surface area (Å²) in [6.45, 7) is 4.85. The van der Waals surface area contributed by atoms with Gasteiger partial charge in [-0.25, -0.2) is 0 Å². The average molecular weight is 276 g/mol. The van der Waals surface area contributed by atoms with E-state index in [0.717, 1.165) is 12.8 Å². The summed E-state index contributed by atoms with van der Waals surface area (Å²) in [4.78, 5) is 18.3. The first kappa shape index (κ1) is 12.8. The highest BCUT2D eigenvalue weighted by Gasteiger charge is 2.29. The molecule has 7 heteroatoms. The minimum absolute atomic E-state index is 0.120. The van der Waals surface area contributed by atoms with Crippen molar-refractivity contribution in [1.29, 1.82) is 0 Å². The number of aryl methyl sites for hydroxylation is 2. The third-order valence-corrected chi connectivity index (χ3v) is 3.46. The summed E-state index contributed by atoms with van der Waals surface area (Å²) in [7, 11) is 0. The molecule has 1 fully saturated rings. The van der Waals surface area contributed by atoms with Gasteiger partial charge in [0.05, 0.1) is 5.69 Å². The molecule has 0 saturated carbocycles. The van der Waals surface area contributed by atoms with Crippen LogP contribution in [-0.4, -0.2) is 39.2 Å². The van der Waals surface area contributed by atoms with Crippen LogP contribution >= 0.6 is 0 Å². The fourth-order valence-corrected chi connectivity index (χ4v) is 2.47. The summed E-state index contributed by atoms with van der Waals surface area (Å²) in [5.41, 5.74) is 0.704. The Morgan fingerprint density at radius 2 is 2.20 bits per heavy atom. The first-order valence-electron chi connectivity index (χ1n) is 6.66. The molecule has 0 N–H and O–H groups in total. The molecule has 20 heavy (non-hydrogen) atoms. The Hall–Kier alpha value is -2.18. The van der Waals surface area contributed by atoms with E-state index in [1.54, 1.807) is 24.8 Å². The van der Waals surface area contributed by atoms with E-state index in [1.165, 1.54) is 0 Å². The molecule has 1 aliphatic heterocycles. The normalized spacial score (nSPS) is 19.3. The Morgan fingerprint density at radius 1 is 1.35 bits per heavy atom. The van der Waals surface area contributed by atoms with Gasteiger partial charge in [0.1, 0.15) is 0 Å². The molecule has 1 atom stereocenters. The standard InChI is InChI=1S/C13H16N4O3/c1-8-6-11(20-15-8)13(18)17-5-3-4-10(7-17)12-14-9(2)19-16-12/h6,10H,3-5,7H2,1-2H3/t10-/m0/s1. The van der Waals surface area contributed by atoms with Gasteiger partial charge in [-0.1, -0.05) is 10.3 Å². The van der Waals surface area contributed by atoms with E-state index in [9.17, 15) is 4.79 Å². The van der Waals surface area contributed by atoms with Gasteiger partial charge in [-0.2, -0.15) is 4.98 Å². The summed E-state index contributed by atoms with van der Waals surface area (Å²) in [5, 5.41) is 7.70. The van der Waals surface area contributed by atoms with Gasteiger partial charge in [-0.3, -0.25) is 4.79 Å². The average Bonchev–Trinajstić information content (AvgIpc) is 3.07. The van der Waals surface area contributed by atoms with E-state index in [0.29, 0.717) is 30.5 Å². The van der Waals surface area contributed by atoms with E-state index >= 15 is 0 Å². The lowest BCUT2D eigenvalue weighted by molar-refractivity contribution is 0.0661. The summed E-state index contributed by atoms with van der Waals surface area (Å²) < 4.78 is 10.0. The number of piperidine rings is 1. The van der Waals surface area contributed by atoms with E-state index in [4.69, 9.17) is 9.05 Å². The van der Waals surface area contributed by atoms with E-state index < -0.39 is 0 Å². The molecule has 0 bridgehead atoms. The fourth-order valence-electron chi connectivity index (χ4n) is 2.47. The number of aromatic nitrogens is 3. The summed E-state index contributed by atoms with van der Waals surface area (Å²) in [6.07, 6.45) is 1.87. The smallest absolute Gasteiger partial charge is 0.292 e. The van der Waals surface area contributed by atoms with Crippen molar-refractivity contribution in [1.82, 2.24) is 20.2 Å². The highest BCUT2D eigenvalue weighted by atomic mass is 16.5. The number of hydrogen-bond acceptors (Lipinski definition) is 6. The van der Waals surface area contributed by atoms with Crippen LogP contribution in [0.4, 0.5) is 0 Å². The summed E-state index contributed by atoms with van der Waals surface area (Å²) in [6, 6.07) is 1.66. The zero-order valence-electron chi connectivity index (χ0n) is 11.5. The van der Waals surface area contributed by atoms with Gasteiger partial charge in [0, 0.05) is 32.0 Å². The highest BCUT2D eigenvalue weighted by molar-refractivity contribution is 5.91. The van der Waals surface area contributed by atoms with Crippen molar-refractivity contribution in [3.63, 3.8) is 0 Å². The maximum Gasteiger partial charge on any atom is 0.292 e. The van der Waals surface area contributed by atoms with Crippen molar-refractivity contribution in [2.75, 3.05) is 13.1 Å². The van der Waals surface area contributed by atoms with Crippen molar-refractivity contribution in [3.8, 4) is 0 Å². The molecule has 2 aromatic heterocycles. The molecular weight excluding hydrogens is 260 g/mol. The number of amides is 1. The largest absolute Gasteiger partial charge is 0.351 e. The van der Waals surface area contributed by atoms with Gasteiger partial charge >= 0.3 is 0 Å². The zero-order chi connectivity index (χ0) is 14.1. The Kier molecular flexibility index (Phi) is 3.25. The molecule has 7 nitrogen and oxygen atoms in total. The molecule has 3 heterocycles. The number of rotatable bonds is 2. The van der Waals surface area contributed by atoms with Crippen LogP contribution in [0.5, 0.6) is 0 Å². The molecule has 1 saturated heterocycles. The van der Waals surface area contributed by atoms with Gasteiger partial charge in [0.25, 0.3) is 5.91 Å². The molecule has 0 spiro atoms. The Balaban J connectivity index is 1.73. The zero-order valence-corrected chi connectivity index (χ0v) is 11.5. The predicted molar refractivity (Wildman–Crippen MR) is 68.2 cm³/mol. The number of hydrogen-bond donors (Lipinski definition) is 0. The number of likely N-dealkylation sites (tertiary alicyclic amines) is 1. The molecule has 0 unspecified atom stereocenters. The Bertz CT molecular complexity index is 619. The third kappa shape index (κ3) is 2.43. The van der Waals surface area contributed by atoms with E-state index in [1.807, 2.05) is 0 Å².